The van der Waals surface area contributed by atoms with Crippen molar-refractivity contribution in [2.45, 2.75) is 71.9 Å². The summed E-state index contributed by atoms with van der Waals surface area (Å²) in [5.41, 5.74) is 0.140. The van der Waals surface area contributed by atoms with E-state index in [0.717, 1.165) is 5.56 Å². The first kappa shape index (κ1) is 24.9. The fourth-order valence-corrected chi connectivity index (χ4v) is 2.20. The first-order chi connectivity index (χ1) is 13.9. The molecule has 1 aromatic rings. The van der Waals surface area contributed by atoms with E-state index in [2.05, 4.69) is 16.0 Å². The average Bonchev–Trinajstić information content (AvgIpc) is 2.65. The van der Waals surface area contributed by atoms with Crippen LogP contribution >= 0.6 is 0 Å². The van der Waals surface area contributed by atoms with Gasteiger partial charge in [-0.15, -0.1) is 0 Å². The highest BCUT2D eigenvalue weighted by atomic mass is 16.6. The van der Waals surface area contributed by atoms with Crippen LogP contribution in [0.3, 0.4) is 0 Å². The molecule has 0 aliphatic heterocycles. The molecular weight excluding hydrogens is 390 g/mol. The first-order valence-electron chi connectivity index (χ1n) is 9.70. The van der Waals surface area contributed by atoms with Crippen LogP contribution in [-0.2, 0) is 30.5 Å². The maximum Gasteiger partial charge on any atom is 0.408 e. The van der Waals surface area contributed by atoms with E-state index in [1.807, 2.05) is 30.3 Å². The molecule has 0 unspecified atom stereocenters. The van der Waals surface area contributed by atoms with Crippen molar-refractivity contribution in [3.63, 3.8) is 0 Å². The summed E-state index contributed by atoms with van der Waals surface area (Å²) in [5.74, 6) is -1.70. The summed E-state index contributed by atoms with van der Waals surface area (Å²) in [4.78, 5) is 48.2. The van der Waals surface area contributed by atoms with Gasteiger partial charge in [-0.05, 0) is 47.1 Å². The van der Waals surface area contributed by atoms with Gasteiger partial charge in [-0.25, -0.2) is 9.59 Å². The lowest BCUT2D eigenvalue weighted by atomic mass is 10.2. The van der Waals surface area contributed by atoms with E-state index in [1.165, 1.54) is 20.8 Å². The Kier molecular flexibility index (Phi) is 9.29. The third-order valence-electron chi connectivity index (χ3n) is 3.81. The summed E-state index contributed by atoms with van der Waals surface area (Å²) < 4.78 is 10.3. The number of rotatable bonds is 8. The molecule has 0 aromatic heterocycles. The molecule has 0 saturated carbocycles. The molecule has 0 radical (unpaired) electrons. The Morgan fingerprint density at radius 3 is 1.87 bits per heavy atom. The van der Waals surface area contributed by atoms with Crippen molar-refractivity contribution in [1.29, 1.82) is 0 Å². The van der Waals surface area contributed by atoms with Gasteiger partial charge in [0.1, 0.15) is 30.3 Å². The number of alkyl carbamates (subject to hydrolysis) is 1. The highest BCUT2D eigenvalue weighted by molar-refractivity contribution is 5.92. The number of esters is 1. The van der Waals surface area contributed by atoms with Gasteiger partial charge in [-0.1, -0.05) is 30.3 Å². The van der Waals surface area contributed by atoms with E-state index in [9.17, 15) is 19.2 Å². The Labute approximate surface area is 176 Å². The fourth-order valence-electron chi connectivity index (χ4n) is 2.20. The predicted octanol–water partition coefficient (Wildman–Crippen LogP) is 1.65. The van der Waals surface area contributed by atoms with Crippen LogP contribution in [0.2, 0.25) is 0 Å². The summed E-state index contributed by atoms with van der Waals surface area (Å²) in [5, 5.41) is 7.36. The van der Waals surface area contributed by atoms with Crippen molar-refractivity contribution < 1.29 is 28.7 Å². The van der Waals surface area contributed by atoms with E-state index >= 15 is 0 Å². The number of carbonyl (C=O) groups is 4. The van der Waals surface area contributed by atoms with Crippen molar-refractivity contribution in [1.82, 2.24) is 16.0 Å². The highest BCUT2D eigenvalue weighted by Gasteiger charge is 2.26. The maximum atomic E-state index is 12.2. The molecule has 1 aromatic carbocycles. The van der Waals surface area contributed by atoms with Crippen molar-refractivity contribution in [3.8, 4) is 0 Å². The minimum Gasteiger partial charge on any atom is -0.458 e. The molecule has 1 rings (SSSR count). The standard InChI is InChI=1S/C21H31N3O6/c1-13(17(25)23-15(3)19(27)30-21(4,5)6)22-18(26)14(2)24-20(28)29-12-16-10-8-7-9-11-16/h7-11,13-15H,12H2,1-6H3,(H,22,26)(H,23,25)(H,24,28)/t13-,14-,15-/m0/s1. The Balaban J connectivity index is 2.43. The minimum atomic E-state index is -0.924. The molecule has 0 fully saturated rings. The Morgan fingerprint density at radius 1 is 0.833 bits per heavy atom. The molecule has 3 N–H and O–H groups in total. The van der Waals surface area contributed by atoms with Crippen LogP contribution < -0.4 is 16.0 Å². The molecule has 0 heterocycles. The molecular formula is C21H31N3O6. The molecule has 3 amide bonds. The fraction of sp³-hybridized carbons (Fsp3) is 0.524. The number of hydrogen-bond acceptors (Lipinski definition) is 6. The zero-order valence-electron chi connectivity index (χ0n) is 18.3. The third kappa shape index (κ3) is 9.40. The smallest absolute Gasteiger partial charge is 0.408 e. The molecule has 9 heteroatoms. The minimum absolute atomic E-state index is 0.0718. The second-order valence-corrected chi connectivity index (χ2v) is 7.92. The van der Waals surface area contributed by atoms with Crippen LogP contribution in [0.5, 0.6) is 0 Å². The molecule has 0 aliphatic rings. The van der Waals surface area contributed by atoms with Gasteiger partial charge in [0, 0.05) is 0 Å². The summed E-state index contributed by atoms with van der Waals surface area (Å²) in [6.07, 6.45) is -0.753. The molecule has 9 nitrogen and oxygen atoms in total. The molecule has 3 atom stereocenters. The van der Waals surface area contributed by atoms with Gasteiger partial charge in [0.15, 0.2) is 0 Å². The quantitative estimate of drug-likeness (QED) is 0.549. The lowest BCUT2D eigenvalue weighted by molar-refractivity contribution is -0.158. The van der Waals surface area contributed by atoms with Gasteiger partial charge in [-0.2, -0.15) is 0 Å². The van der Waals surface area contributed by atoms with Gasteiger partial charge in [0.05, 0.1) is 0 Å². The van der Waals surface area contributed by atoms with Crippen molar-refractivity contribution in [2.24, 2.45) is 0 Å². The zero-order valence-corrected chi connectivity index (χ0v) is 18.3. The molecule has 166 valence electrons. The average molecular weight is 421 g/mol. The van der Waals surface area contributed by atoms with Crippen LogP contribution in [0, 0.1) is 0 Å². The Morgan fingerprint density at radius 2 is 1.33 bits per heavy atom. The topological polar surface area (TPSA) is 123 Å². The predicted molar refractivity (Wildman–Crippen MR) is 110 cm³/mol. The van der Waals surface area contributed by atoms with E-state index in [-0.39, 0.29) is 6.61 Å². The van der Waals surface area contributed by atoms with Gasteiger partial charge in [0.25, 0.3) is 0 Å². The van der Waals surface area contributed by atoms with E-state index in [4.69, 9.17) is 9.47 Å². The number of benzene rings is 1. The monoisotopic (exact) mass is 421 g/mol. The summed E-state index contributed by atoms with van der Waals surface area (Å²) in [6, 6.07) is 6.38. The van der Waals surface area contributed by atoms with Crippen molar-refractivity contribution in [3.05, 3.63) is 35.9 Å². The van der Waals surface area contributed by atoms with Gasteiger partial charge >= 0.3 is 12.1 Å². The lowest BCUT2D eigenvalue weighted by Crippen LogP contribution is -2.54. The van der Waals surface area contributed by atoms with Gasteiger partial charge < -0.3 is 25.4 Å². The number of amides is 3. The molecule has 30 heavy (non-hydrogen) atoms. The van der Waals surface area contributed by atoms with Crippen LogP contribution in [0.4, 0.5) is 4.79 Å². The third-order valence-corrected chi connectivity index (χ3v) is 3.81. The highest BCUT2D eigenvalue weighted by Crippen LogP contribution is 2.08. The molecule has 0 aliphatic carbocycles. The van der Waals surface area contributed by atoms with Gasteiger partial charge in [-0.3, -0.25) is 9.59 Å². The van der Waals surface area contributed by atoms with Gasteiger partial charge in [0.2, 0.25) is 11.8 Å². The molecule has 0 spiro atoms. The van der Waals surface area contributed by atoms with E-state index < -0.39 is 47.6 Å². The first-order valence-corrected chi connectivity index (χ1v) is 9.70. The number of hydrogen-bond donors (Lipinski definition) is 3. The molecule has 0 saturated heterocycles. The second-order valence-electron chi connectivity index (χ2n) is 7.92. The normalized spacial score (nSPS) is 13.9. The largest absolute Gasteiger partial charge is 0.458 e. The summed E-state index contributed by atoms with van der Waals surface area (Å²) in [6.45, 7) is 9.67. The van der Waals surface area contributed by atoms with Crippen LogP contribution in [0.15, 0.2) is 30.3 Å². The summed E-state index contributed by atoms with van der Waals surface area (Å²) in [7, 11) is 0. The van der Waals surface area contributed by atoms with Crippen LogP contribution in [0.25, 0.3) is 0 Å². The van der Waals surface area contributed by atoms with Crippen molar-refractivity contribution >= 4 is 23.9 Å². The number of ether oxygens (including phenoxy) is 2. The molecule has 0 bridgehead atoms. The Bertz CT molecular complexity index is 745. The SMILES string of the molecule is C[C@H](NC(=O)OCc1ccccc1)C(=O)N[C@@H](C)C(=O)N[C@@H](C)C(=O)OC(C)(C)C. The maximum absolute atomic E-state index is 12.2. The number of nitrogens with one attached hydrogen (secondary N) is 3. The summed E-state index contributed by atoms with van der Waals surface area (Å²) >= 11 is 0. The number of carbonyl (C=O) groups excluding carboxylic acids is 4. The second kappa shape index (κ2) is 11.2. The Hall–Kier alpha value is -3.10. The van der Waals surface area contributed by atoms with E-state index in [0.29, 0.717) is 0 Å². The zero-order chi connectivity index (χ0) is 22.9. The van der Waals surface area contributed by atoms with Crippen LogP contribution in [0.1, 0.15) is 47.1 Å². The lowest BCUT2D eigenvalue weighted by Gasteiger charge is -2.24. The van der Waals surface area contributed by atoms with E-state index in [1.54, 1.807) is 20.8 Å². The van der Waals surface area contributed by atoms with Crippen molar-refractivity contribution in [2.75, 3.05) is 0 Å². The van der Waals surface area contributed by atoms with Crippen LogP contribution in [-0.4, -0.2) is 47.6 Å².